The average molecular weight is 286 g/mol. The van der Waals surface area contributed by atoms with Crippen molar-refractivity contribution in [1.29, 1.82) is 0 Å². The Kier molecular flexibility index (Phi) is 9.06. The second kappa shape index (κ2) is 9.35. The molecule has 0 aliphatic rings. The van der Waals surface area contributed by atoms with Crippen LogP contribution in [0.3, 0.4) is 0 Å². The third kappa shape index (κ3) is 4.74. The number of carbonyl (C=O) groups is 1. The van der Waals surface area contributed by atoms with Crippen molar-refractivity contribution in [3.63, 3.8) is 0 Å². The highest BCUT2D eigenvalue weighted by Crippen LogP contribution is 2.22. The van der Waals surface area contributed by atoms with Gasteiger partial charge in [-0.1, -0.05) is 41.0 Å². The normalized spacial score (nSPS) is 17.6. The van der Waals surface area contributed by atoms with E-state index in [-0.39, 0.29) is 30.0 Å². The first-order valence-electron chi connectivity index (χ1n) is 7.82. The topological polar surface area (TPSA) is 41.6 Å². The van der Waals surface area contributed by atoms with Gasteiger partial charge in [0.15, 0.2) is 0 Å². The van der Waals surface area contributed by atoms with Gasteiger partial charge in [-0.05, 0) is 25.3 Å². The number of hydrogen-bond donors (Lipinski definition) is 1. The first-order valence-corrected chi connectivity index (χ1v) is 7.82. The largest absolute Gasteiger partial charge is 0.379 e. The molecule has 0 aromatic carbocycles. The minimum atomic E-state index is -0.138. The van der Waals surface area contributed by atoms with Crippen LogP contribution >= 0.6 is 0 Å². The van der Waals surface area contributed by atoms with Crippen LogP contribution in [0.1, 0.15) is 47.5 Å². The lowest BCUT2D eigenvalue weighted by Gasteiger charge is -2.39. The third-order valence-electron chi connectivity index (χ3n) is 4.35. The summed E-state index contributed by atoms with van der Waals surface area (Å²) in [6.45, 7) is 10.6. The zero-order valence-electron chi connectivity index (χ0n) is 14.6. The molecule has 4 atom stereocenters. The van der Waals surface area contributed by atoms with E-state index in [1.54, 1.807) is 7.11 Å². The van der Waals surface area contributed by atoms with Gasteiger partial charge >= 0.3 is 0 Å². The quantitative estimate of drug-likeness (QED) is 0.708. The molecule has 0 aliphatic carbocycles. The second-order valence-corrected chi connectivity index (χ2v) is 6.02. The van der Waals surface area contributed by atoms with Crippen molar-refractivity contribution in [1.82, 2.24) is 10.2 Å². The van der Waals surface area contributed by atoms with Crippen LogP contribution in [0.4, 0.5) is 0 Å². The fourth-order valence-corrected chi connectivity index (χ4v) is 2.89. The lowest BCUT2D eigenvalue weighted by atomic mass is 9.90. The number of methoxy groups -OCH3 is 1. The average Bonchev–Trinajstić information content (AvgIpc) is 2.43. The summed E-state index contributed by atoms with van der Waals surface area (Å²) in [7, 11) is 5.50. The highest BCUT2D eigenvalue weighted by molar-refractivity contribution is 5.82. The van der Waals surface area contributed by atoms with Gasteiger partial charge in [0.2, 0.25) is 5.91 Å². The molecule has 0 aromatic heterocycles. The van der Waals surface area contributed by atoms with E-state index in [1.807, 2.05) is 19.0 Å². The van der Waals surface area contributed by atoms with Crippen molar-refractivity contribution in [2.45, 2.75) is 65.6 Å². The fraction of sp³-hybridized carbons (Fsp3) is 0.938. The van der Waals surface area contributed by atoms with Crippen LogP contribution in [0.25, 0.3) is 0 Å². The zero-order valence-corrected chi connectivity index (χ0v) is 14.6. The molecule has 4 heteroatoms. The molecule has 20 heavy (non-hydrogen) atoms. The van der Waals surface area contributed by atoms with Gasteiger partial charge in [-0.25, -0.2) is 0 Å². The first-order chi connectivity index (χ1) is 9.35. The molecule has 0 radical (unpaired) electrons. The first kappa shape index (κ1) is 19.4. The third-order valence-corrected chi connectivity index (χ3v) is 4.35. The maximum absolute atomic E-state index is 12.7. The van der Waals surface area contributed by atoms with Gasteiger partial charge < -0.3 is 15.0 Å². The minimum absolute atomic E-state index is 0.0866. The predicted octanol–water partition coefficient (Wildman–Crippen LogP) is 2.53. The Morgan fingerprint density at radius 3 is 2.05 bits per heavy atom. The molecule has 0 heterocycles. The number of likely N-dealkylation sites (N-methyl/N-ethyl adjacent to an activating group) is 2. The highest BCUT2D eigenvalue weighted by Gasteiger charge is 2.34. The molecule has 120 valence electrons. The summed E-state index contributed by atoms with van der Waals surface area (Å²) in [6, 6.07) is -0.0157. The van der Waals surface area contributed by atoms with Crippen molar-refractivity contribution >= 4 is 5.91 Å². The number of nitrogens with one attached hydrogen (secondary N) is 1. The molecule has 0 fully saturated rings. The van der Waals surface area contributed by atoms with Crippen molar-refractivity contribution in [2.24, 2.45) is 11.8 Å². The lowest BCUT2D eigenvalue weighted by Crippen LogP contribution is -2.55. The number of ether oxygens (including phenoxy) is 1. The maximum Gasteiger partial charge on any atom is 0.240 e. The summed E-state index contributed by atoms with van der Waals surface area (Å²) in [5.41, 5.74) is 0. The highest BCUT2D eigenvalue weighted by atomic mass is 16.5. The smallest absolute Gasteiger partial charge is 0.240 e. The Morgan fingerprint density at radius 2 is 1.75 bits per heavy atom. The molecule has 4 unspecified atom stereocenters. The van der Waals surface area contributed by atoms with E-state index >= 15 is 0 Å². The second-order valence-electron chi connectivity index (χ2n) is 6.02. The standard InChI is InChI=1S/C16H34N2O2/c1-9-12(5)15(13(10-2)20-8)18(7)16(19)14(17-6)11(3)4/h11-15,17H,9-10H2,1-8H3. The molecule has 1 amide bonds. The van der Waals surface area contributed by atoms with Gasteiger partial charge in [0, 0.05) is 14.2 Å². The van der Waals surface area contributed by atoms with Crippen molar-refractivity contribution in [3.05, 3.63) is 0 Å². The summed E-state index contributed by atoms with van der Waals surface area (Å²) >= 11 is 0. The van der Waals surface area contributed by atoms with E-state index in [4.69, 9.17) is 4.74 Å². The Balaban J connectivity index is 5.21. The van der Waals surface area contributed by atoms with Crippen molar-refractivity contribution < 1.29 is 9.53 Å². The number of hydrogen-bond acceptors (Lipinski definition) is 3. The fourth-order valence-electron chi connectivity index (χ4n) is 2.89. The van der Waals surface area contributed by atoms with Gasteiger partial charge in [0.25, 0.3) is 0 Å². The minimum Gasteiger partial charge on any atom is -0.379 e. The van der Waals surface area contributed by atoms with Crippen LogP contribution in [0.15, 0.2) is 0 Å². The Labute approximate surface area is 125 Å². The Morgan fingerprint density at radius 1 is 1.20 bits per heavy atom. The van der Waals surface area contributed by atoms with Crippen molar-refractivity contribution in [3.8, 4) is 0 Å². The van der Waals surface area contributed by atoms with Crippen LogP contribution in [-0.2, 0) is 9.53 Å². The molecule has 0 bridgehead atoms. The predicted molar refractivity (Wildman–Crippen MR) is 84.8 cm³/mol. The summed E-state index contributed by atoms with van der Waals surface area (Å²) in [6.07, 6.45) is 2.03. The van der Waals surface area contributed by atoms with Gasteiger partial charge in [-0.15, -0.1) is 0 Å². The summed E-state index contributed by atoms with van der Waals surface area (Å²) in [5, 5.41) is 3.14. The van der Waals surface area contributed by atoms with Crippen LogP contribution in [-0.4, -0.2) is 50.2 Å². The van der Waals surface area contributed by atoms with Crippen LogP contribution < -0.4 is 5.32 Å². The van der Waals surface area contributed by atoms with Crippen LogP contribution in [0.5, 0.6) is 0 Å². The molecular formula is C16H34N2O2. The molecule has 0 spiro atoms. The Hall–Kier alpha value is -0.610. The van der Waals surface area contributed by atoms with Gasteiger partial charge in [-0.3, -0.25) is 4.79 Å². The van der Waals surface area contributed by atoms with E-state index in [1.165, 1.54) is 0 Å². The Bertz CT molecular complexity index is 278. The van der Waals surface area contributed by atoms with Gasteiger partial charge in [0.05, 0.1) is 18.2 Å². The molecule has 0 rings (SSSR count). The van der Waals surface area contributed by atoms with Crippen molar-refractivity contribution in [2.75, 3.05) is 21.2 Å². The lowest BCUT2D eigenvalue weighted by molar-refractivity contribution is -0.140. The number of amides is 1. The van der Waals surface area contributed by atoms with E-state index in [2.05, 4.69) is 39.9 Å². The van der Waals surface area contributed by atoms with E-state index in [9.17, 15) is 4.79 Å². The van der Waals surface area contributed by atoms with E-state index in [0.29, 0.717) is 5.92 Å². The zero-order chi connectivity index (χ0) is 15.9. The number of nitrogens with zero attached hydrogens (tertiary/aromatic N) is 1. The van der Waals surface area contributed by atoms with Crippen LogP contribution in [0.2, 0.25) is 0 Å². The molecule has 0 saturated carbocycles. The maximum atomic E-state index is 12.7. The summed E-state index contributed by atoms with van der Waals surface area (Å²) in [5.74, 6) is 0.844. The molecule has 1 N–H and O–H groups in total. The molecule has 0 saturated heterocycles. The SMILES string of the molecule is CCC(C)C(C(CC)OC)N(C)C(=O)C(NC)C(C)C. The molecule has 0 aliphatic heterocycles. The molecular weight excluding hydrogens is 252 g/mol. The van der Waals surface area contributed by atoms with Gasteiger partial charge in [-0.2, -0.15) is 0 Å². The number of rotatable bonds is 9. The molecule has 4 nitrogen and oxygen atoms in total. The number of carbonyl (C=O) groups excluding carboxylic acids is 1. The molecule has 0 aromatic rings. The van der Waals surface area contributed by atoms with Gasteiger partial charge in [0.1, 0.15) is 0 Å². The monoisotopic (exact) mass is 286 g/mol. The van der Waals surface area contributed by atoms with E-state index < -0.39 is 0 Å². The summed E-state index contributed by atoms with van der Waals surface area (Å²) in [4.78, 5) is 14.6. The van der Waals surface area contributed by atoms with Crippen LogP contribution in [0, 0.1) is 11.8 Å². The van der Waals surface area contributed by atoms with E-state index in [0.717, 1.165) is 12.8 Å². The summed E-state index contributed by atoms with van der Waals surface area (Å²) < 4.78 is 5.62.